The molecule has 21 heavy (non-hydrogen) atoms. The number of carbonyl (C=O) groups excluding carboxylic acids is 1. The summed E-state index contributed by atoms with van der Waals surface area (Å²) in [7, 11) is -1.77. The molecule has 0 unspecified atom stereocenters. The third-order valence-corrected chi connectivity index (χ3v) is 4.10. The van der Waals surface area contributed by atoms with E-state index in [0.29, 0.717) is 38.2 Å². The van der Waals surface area contributed by atoms with Crippen molar-refractivity contribution in [1.82, 2.24) is 4.90 Å². The Labute approximate surface area is 125 Å². The van der Waals surface area contributed by atoms with E-state index in [4.69, 9.17) is 10.5 Å². The van der Waals surface area contributed by atoms with Crippen LogP contribution in [-0.4, -0.2) is 58.8 Å². The average Bonchev–Trinajstić information content (AvgIpc) is 2.46. The molecule has 0 fully saturated rings. The molecule has 0 aliphatic carbocycles. The van der Waals surface area contributed by atoms with Crippen molar-refractivity contribution in [2.24, 2.45) is 5.73 Å². The van der Waals surface area contributed by atoms with Crippen molar-refractivity contribution >= 4 is 15.7 Å². The molecule has 0 heterocycles. The minimum Gasteiger partial charge on any atom is -0.383 e. The molecule has 0 spiro atoms. The summed E-state index contributed by atoms with van der Waals surface area (Å²) < 4.78 is 28.1. The summed E-state index contributed by atoms with van der Waals surface area (Å²) in [5.74, 6) is -0.217. The fourth-order valence-electron chi connectivity index (χ4n) is 1.84. The molecule has 1 rings (SSSR count). The van der Waals surface area contributed by atoms with E-state index in [9.17, 15) is 13.2 Å². The van der Waals surface area contributed by atoms with E-state index >= 15 is 0 Å². The lowest BCUT2D eigenvalue weighted by Gasteiger charge is -2.22. The summed E-state index contributed by atoms with van der Waals surface area (Å²) in [6, 6.07) is 6.06. The molecule has 0 aliphatic heterocycles. The second-order valence-electron chi connectivity index (χ2n) is 4.73. The molecule has 0 atom stereocenters. The van der Waals surface area contributed by atoms with Crippen LogP contribution >= 0.6 is 0 Å². The molecule has 0 saturated heterocycles. The molecule has 1 aromatic carbocycles. The summed E-state index contributed by atoms with van der Waals surface area (Å²) in [5.41, 5.74) is 5.83. The van der Waals surface area contributed by atoms with E-state index in [1.54, 1.807) is 24.1 Å². The number of hydrogen-bond donors (Lipinski definition) is 1. The molecular formula is C14H22N2O4S. The van der Waals surface area contributed by atoms with Crippen LogP contribution in [0.5, 0.6) is 0 Å². The summed E-state index contributed by atoms with van der Waals surface area (Å²) >= 11 is 0. The third-order valence-electron chi connectivity index (χ3n) is 2.99. The van der Waals surface area contributed by atoms with Gasteiger partial charge in [0.1, 0.15) is 0 Å². The second kappa shape index (κ2) is 8.11. The topological polar surface area (TPSA) is 89.7 Å². The van der Waals surface area contributed by atoms with Crippen LogP contribution in [0.4, 0.5) is 0 Å². The SMILES string of the molecule is COCCN(CCCN)C(=O)c1cccc(S(C)(=O)=O)c1. The first kappa shape index (κ1) is 17.6. The molecule has 6 nitrogen and oxygen atoms in total. The zero-order valence-electron chi connectivity index (χ0n) is 12.4. The van der Waals surface area contributed by atoms with Crippen molar-refractivity contribution in [2.75, 3.05) is 39.6 Å². The largest absolute Gasteiger partial charge is 0.383 e. The molecule has 0 bridgehead atoms. The molecule has 1 aromatic rings. The van der Waals surface area contributed by atoms with Gasteiger partial charge in [0, 0.05) is 32.0 Å². The number of rotatable bonds is 8. The highest BCUT2D eigenvalue weighted by Gasteiger charge is 2.17. The number of methoxy groups -OCH3 is 1. The van der Waals surface area contributed by atoms with Gasteiger partial charge in [-0.2, -0.15) is 0 Å². The van der Waals surface area contributed by atoms with Crippen LogP contribution in [-0.2, 0) is 14.6 Å². The smallest absolute Gasteiger partial charge is 0.253 e. The molecule has 2 N–H and O–H groups in total. The Balaban J connectivity index is 2.97. The third kappa shape index (κ3) is 5.45. The zero-order valence-corrected chi connectivity index (χ0v) is 13.2. The summed E-state index contributed by atoms with van der Waals surface area (Å²) in [6.07, 6.45) is 1.80. The van der Waals surface area contributed by atoms with Gasteiger partial charge in [-0.25, -0.2) is 8.42 Å². The van der Waals surface area contributed by atoms with Crippen molar-refractivity contribution in [2.45, 2.75) is 11.3 Å². The predicted octanol–water partition coefficient (Wildman–Crippen LogP) is 0.528. The first-order valence-electron chi connectivity index (χ1n) is 6.68. The minimum atomic E-state index is -3.33. The number of nitrogens with two attached hydrogens (primary N) is 1. The maximum absolute atomic E-state index is 12.5. The highest BCUT2D eigenvalue weighted by atomic mass is 32.2. The van der Waals surface area contributed by atoms with Gasteiger partial charge in [0.15, 0.2) is 9.84 Å². The monoisotopic (exact) mass is 314 g/mol. The normalized spacial score (nSPS) is 11.4. The van der Waals surface area contributed by atoms with Gasteiger partial charge in [0.25, 0.3) is 5.91 Å². The van der Waals surface area contributed by atoms with Crippen molar-refractivity contribution < 1.29 is 17.9 Å². The predicted molar refractivity (Wildman–Crippen MR) is 81.0 cm³/mol. The fourth-order valence-corrected chi connectivity index (χ4v) is 2.51. The molecule has 0 radical (unpaired) electrons. The van der Waals surface area contributed by atoms with Crippen molar-refractivity contribution in [3.05, 3.63) is 29.8 Å². The standard InChI is InChI=1S/C14H22N2O4S/c1-20-10-9-16(8-4-7-15)14(17)12-5-3-6-13(11-12)21(2,18)19/h3,5-6,11H,4,7-10,15H2,1-2H3. The Morgan fingerprint density at radius 2 is 2.05 bits per heavy atom. The van der Waals surface area contributed by atoms with Gasteiger partial charge in [-0.3, -0.25) is 4.79 Å². The molecule has 0 aliphatic rings. The quantitative estimate of drug-likeness (QED) is 0.756. The highest BCUT2D eigenvalue weighted by Crippen LogP contribution is 2.13. The molecule has 0 aromatic heterocycles. The summed E-state index contributed by atoms with van der Waals surface area (Å²) in [5, 5.41) is 0. The highest BCUT2D eigenvalue weighted by molar-refractivity contribution is 7.90. The Kier molecular flexibility index (Phi) is 6.80. The van der Waals surface area contributed by atoms with Crippen molar-refractivity contribution in [3.63, 3.8) is 0 Å². The summed E-state index contributed by atoms with van der Waals surface area (Å²) in [6.45, 7) is 1.86. The van der Waals surface area contributed by atoms with Crippen molar-refractivity contribution in [3.8, 4) is 0 Å². The molecular weight excluding hydrogens is 292 g/mol. The van der Waals surface area contributed by atoms with Crippen LogP contribution in [0, 0.1) is 0 Å². The van der Waals surface area contributed by atoms with Gasteiger partial charge in [0.05, 0.1) is 11.5 Å². The van der Waals surface area contributed by atoms with E-state index in [0.717, 1.165) is 6.26 Å². The number of amides is 1. The van der Waals surface area contributed by atoms with Crippen LogP contribution in [0.1, 0.15) is 16.8 Å². The number of hydrogen-bond acceptors (Lipinski definition) is 5. The maximum Gasteiger partial charge on any atom is 0.253 e. The summed E-state index contributed by atoms with van der Waals surface area (Å²) in [4.78, 5) is 14.2. The van der Waals surface area contributed by atoms with Gasteiger partial charge in [-0.1, -0.05) is 6.07 Å². The lowest BCUT2D eigenvalue weighted by Crippen LogP contribution is -2.35. The zero-order chi connectivity index (χ0) is 15.9. The number of benzene rings is 1. The van der Waals surface area contributed by atoms with Crippen LogP contribution in [0.15, 0.2) is 29.2 Å². The van der Waals surface area contributed by atoms with Crippen LogP contribution in [0.2, 0.25) is 0 Å². The molecule has 1 amide bonds. The Morgan fingerprint density at radius 3 is 2.62 bits per heavy atom. The Hall–Kier alpha value is -1.44. The van der Waals surface area contributed by atoms with E-state index in [2.05, 4.69) is 0 Å². The Morgan fingerprint density at radius 1 is 1.33 bits per heavy atom. The van der Waals surface area contributed by atoms with Gasteiger partial charge in [-0.15, -0.1) is 0 Å². The number of ether oxygens (including phenoxy) is 1. The first-order valence-corrected chi connectivity index (χ1v) is 8.57. The van der Waals surface area contributed by atoms with E-state index in [1.807, 2.05) is 0 Å². The lowest BCUT2D eigenvalue weighted by molar-refractivity contribution is 0.0694. The number of sulfone groups is 1. The second-order valence-corrected chi connectivity index (χ2v) is 6.74. The average molecular weight is 314 g/mol. The van der Waals surface area contributed by atoms with E-state index in [-0.39, 0.29) is 10.8 Å². The molecule has 118 valence electrons. The van der Waals surface area contributed by atoms with Crippen molar-refractivity contribution in [1.29, 1.82) is 0 Å². The Bertz CT molecular complexity index is 564. The van der Waals surface area contributed by atoms with Crippen LogP contribution in [0.25, 0.3) is 0 Å². The van der Waals surface area contributed by atoms with E-state index in [1.165, 1.54) is 12.1 Å². The molecule has 0 saturated carbocycles. The fraction of sp³-hybridized carbons (Fsp3) is 0.500. The van der Waals surface area contributed by atoms with Gasteiger partial charge in [0.2, 0.25) is 0 Å². The van der Waals surface area contributed by atoms with E-state index < -0.39 is 9.84 Å². The maximum atomic E-state index is 12.5. The van der Waals surface area contributed by atoms with Crippen LogP contribution < -0.4 is 5.73 Å². The number of carbonyl (C=O) groups is 1. The minimum absolute atomic E-state index is 0.138. The van der Waals surface area contributed by atoms with Gasteiger partial charge in [-0.05, 0) is 31.2 Å². The van der Waals surface area contributed by atoms with Gasteiger partial charge >= 0.3 is 0 Å². The molecule has 7 heteroatoms. The van der Waals surface area contributed by atoms with Gasteiger partial charge < -0.3 is 15.4 Å². The number of nitrogens with zero attached hydrogens (tertiary/aromatic N) is 1. The lowest BCUT2D eigenvalue weighted by atomic mass is 10.2. The first-order chi connectivity index (χ1) is 9.90. The van der Waals surface area contributed by atoms with Crippen LogP contribution in [0.3, 0.4) is 0 Å².